The highest BCUT2D eigenvalue weighted by Crippen LogP contribution is 2.39. The fourth-order valence-corrected chi connectivity index (χ4v) is 3.26. The summed E-state index contributed by atoms with van der Waals surface area (Å²) in [4.78, 5) is 13.3. The van der Waals surface area contributed by atoms with Gasteiger partial charge in [-0.25, -0.2) is 0 Å². The minimum absolute atomic E-state index is 0.0376. The summed E-state index contributed by atoms with van der Waals surface area (Å²) in [5.74, 6) is 0.477. The molecule has 1 fully saturated rings. The van der Waals surface area contributed by atoms with Gasteiger partial charge in [-0.1, -0.05) is 29.3 Å². The normalized spacial score (nSPS) is 20.1. The number of carbonyl (C=O) groups excluding carboxylic acids is 1. The van der Waals surface area contributed by atoms with Gasteiger partial charge in [-0.05, 0) is 17.7 Å². The molecule has 92 valence electrons. The van der Waals surface area contributed by atoms with Crippen LogP contribution in [0.3, 0.4) is 0 Å². The van der Waals surface area contributed by atoms with Crippen LogP contribution >= 0.6 is 35.0 Å². The fourth-order valence-electron chi connectivity index (χ4n) is 1.75. The highest BCUT2D eigenvalue weighted by Gasteiger charge is 2.32. The van der Waals surface area contributed by atoms with E-state index >= 15 is 0 Å². The van der Waals surface area contributed by atoms with E-state index < -0.39 is 0 Å². The first-order valence-corrected chi connectivity index (χ1v) is 6.91. The molecule has 1 heterocycles. The van der Waals surface area contributed by atoms with E-state index in [1.165, 1.54) is 11.8 Å². The molecule has 1 aliphatic heterocycles. The van der Waals surface area contributed by atoms with Crippen LogP contribution in [0.15, 0.2) is 18.2 Å². The molecule has 1 saturated heterocycles. The Kier molecular flexibility index (Phi) is 4.20. The van der Waals surface area contributed by atoms with E-state index in [-0.39, 0.29) is 17.9 Å². The maximum atomic E-state index is 11.6. The summed E-state index contributed by atoms with van der Waals surface area (Å²) in [7, 11) is 0. The van der Waals surface area contributed by atoms with Gasteiger partial charge in [0.05, 0.1) is 22.4 Å². The van der Waals surface area contributed by atoms with E-state index in [1.807, 2.05) is 6.07 Å². The van der Waals surface area contributed by atoms with Crippen LogP contribution in [0.5, 0.6) is 0 Å². The van der Waals surface area contributed by atoms with Crippen LogP contribution in [-0.4, -0.2) is 34.8 Å². The Morgan fingerprint density at radius 3 is 2.82 bits per heavy atom. The van der Waals surface area contributed by atoms with E-state index in [9.17, 15) is 4.79 Å². The molecule has 1 amide bonds. The molecule has 1 aliphatic rings. The van der Waals surface area contributed by atoms with Crippen molar-refractivity contribution >= 4 is 40.9 Å². The predicted molar refractivity (Wildman–Crippen MR) is 70.5 cm³/mol. The first-order valence-electron chi connectivity index (χ1n) is 5.10. The summed E-state index contributed by atoms with van der Waals surface area (Å²) in [6.07, 6.45) is 0. The van der Waals surface area contributed by atoms with Crippen molar-refractivity contribution in [3.8, 4) is 0 Å². The average Bonchev–Trinajstić information content (AvgIpc) is 2.66. The molecule has 1 unspecified atom stereocenters. The minimum atomic E-state index is -0.0792. The SMILES string of the molecule is O=C1CSC(c2ccc(Cl)c(Cl)c2)N1CCO. The Bertz CT molecular complexity index is 441. The molecule has 17 heavy (non-hydrogen) atoms. The highest BCUT2D eigenvalue weighted by atomic mass is 35.5. The number of hydrogen-bond acceptors (Lipinski definition) is 3. The summed E-state index contributed by atoms with van der Waals surface area (Å²) >= 11 is 13.3. The average molecular weight is 292 g/mol. The van der Waals surface area contributed by atoms with Crippen molar-refractivity contribution in [2.24, 2.45) is 0 Å². The number of aliphatic hydroxyl groups excluding tert-OH is 1. The standard InChI is InChI=1S/C11H11Cl2NO2S/c12-8-2-1-7(5-9(8)13)11-14(3-4-15)10(16)6-17-11/h1-2,5,11,15H,3-4,6H2. The summed E-state index contributed by atoms with van der Waals surface area (Å²) in [5.41, 5.74) is 0.934. The number of benzene rings is 1. The number of nitrogens with zero attached hydrogens (tertiary/aromatic N) is 1. The topological polar surface area (TPSA) is 40.5 Å². The van der Waals surface area contributed by atoms with E-state index in [4.69, 9.17) is 28.3 Å². The summed E-state index contributed by atoms with van der Waals surface area (Å²) in [5, 5.41) is 9.86. The molecular formula is C11H11Cl2NO2S. The van der Waals surface area contributed by atoms with E-state index in [0.717, 1.165) is 5.56 Å². The zero-order valence-corrected chi connectivity index (χ0v) is 11.2. The van der Waals surface area contributed by atoms with Crippen LogP contribution < -0.4 is 0 Å². The third-order valence-electron chi connectivity index (χ3n) is 2.54. The van der Waals surface area contributed by atoms with Crippen LogP contribution in [0.1, 0.15) is 10.9 Å². The number of aliphatic hydroxyl groups is 1. The quantitative estimate of drug-likeness (QED) is 0.930. The molecule has 1 aromatic carbocycles. The Hall–Kier alpha value is -0.420. The van der Waals surface area contributed by atoms with Crippen molar-refractivity contribution in [3.63, 3.8) is 0 Å². The van der Waals surface area contributed by atoms with Gasteiger partial charge in [-0.2, -0.15) is 0 Å². The van der Waals surface area contributed by atoms with Crippen molar-refractivity contribution < 1.29 is 9.90 Å². The lowest BCUT2D eigenvalue weighted by atomic mass is 10.2. The molecule has 0 bridgehead atoms. The van der Waals surface area contributed by atoms with E-state index in [0.29, 0.717) is 22.3 Å². The lowest BCUT2D eigenvalue weighted by molar-refractivity contribution is -0.128. The molecule has 0 aliphatic carbocycles. The second-order valence-electron chi connectivity index (χ2n) is 3.65. The number of halogens is 2. The van der Waals surface area contributed by atoms with E-state index in [2.05, 4.69) is 0 Å². The van der Waals surface area contributed by atoms with Crippen LogP contribution in [0.4, 0.5) is 0 Å². The number of β-amino-alcohol motifs (C(OH)–C–C–N with tert-alkyl or cyclic N) is 1. The van der Waals surface area contributed by atoms with Gasteiger partial charge < -0.3 is 10.0 Å². The lowest BCUT2D eigenvalue weighted by Gasteiger charge is -2.23. The molecule has 1 aromatic rings. The van der Waals surface area contributed by atoms with Crippen molar-refractivity contribution in [3.05, 3.63) is 33.8 Å². The molecule has 1 N–H and O–H groups in total. The maximum Gasteiger partial charge on any atom is 0.233 e. The molecule has 6 heteroatoms. The van der Waals surface area contributed by atoms with E-state index in [1.54, 1.807) is 17.0 Å². The third-order valence-corrected chi connectivity index (χ3v) is 4.53. The number of rotatable bonds is 3. The van der Waals surface area contributed by atoms with Crippen molar-refractivity contribution in [1.29, 1.82) is 0 Å². The second-order valence-corrected chi connectivity index (χ2v) is 5.53. The van der Waals surface area contributed by atoms with Gasteiger partial charge in [0.25, 0.3) is 0 Å². The molecule has 1 atom stereocenters. The second kappa shape index (κ2) is 5.48. The summed E-state index contributed by atoms with van der Waals surface area (Å²) in [6.45, 7) is 0.306. The van der Waals surface area contributed by atoms with Gasteiger partial charge >= 0.3 is 0 Å². The number of thioether (sulfide) groups is 1. The number of carbonyl (C=O) groups is 1. The fraction of sp³-hybridized carbons (Fsp3) is 0.364. The van der Waals surface area contributed by atoms with Crippen molar-refractivity contribution in [2.45, 2.75) is 5.37 Å². The third kappa shape index (κ3) is 2.71. The van der Waals surface area contributed by atoms with Crippen LogP contribution in [0.25, 0.3) is 0 Å². The van der Waals surface area contributed by atoms with Crippen molar-refractivity contribution in [2.75, 3.05) is 18.9 Å². The van der Waals surface area contributed by atoms with Gasteiger partial charge in [0.2, 0.25) is 5.91 Å². The molecule has 2 rings (SSSR count). The monoisotopic (exact) mass is 291 g/mol. The highest BCUT2D eigenvalue weighted by molar-refractivity contribution is 8.00. The van der Waals surface area contributed by atoms with Gasteiger partial charge in [0, 0.05) is 6.54 Å². The van der Waals surface area contributed by atoms with Gasteiger partial charge in [0.15, 0.2) is 0 Å². The Morgan fingerprint density at radius 1 is 1.41 bits per heavy atom. The predicted octanol–water partition coefficient (Wildman–Crippen LogP) is 2.56. The van der Waals surface area contributed by atoms with Gasteiger partial charge in [-0.3, -0.25) is 4.79 Å². The molecule has 0 aromatic heterocycles. The molecule has 3 nitrogen and oxygen atoms in total. The Morgan fingerprint density at radius 2 is 2.18 bits per heavy atom. The minimum Gasteiger partial charge on any atom is -0.395 e. The van der Waals surface area contributed by atoms with Gasteiger partial charge in [0.1, 0.15) is 5.37 Å². The van der Waals surface area contributed by atoms with Gasteiger partial charge in [-0.15, -0.1) is 11.8 Å². The lowest BCUT2D eigenvalue weighted by Crippen LogP contribution is -2.30. The number of hydrogen-bond donors (Lipinski definition) is 1. The zero-order chi connectivity index (χ0) is 12.4. The molecule has 0 spiro atoms. The van der Waals surface area contributed by atoms with Crippen LogP contribution in [-0.2, 0) is 4.79 Å². The zero-order valence-electron chi connectivity index (χ0n) is 8.90. The van der Waals surface area contributed by atoms with Crippen LogP contribution in [0, 0.1) is 0 Å². The summed E-state index contributed by atoms with van der Waals surface area (Å²) < 4.78 is 0. The molecular weight excluding hydrogens is 281 g/mol. The maximum absolute atomic E-state index is 11.6. The van der Waals surface area contributed by atoms with Crippen molar-refractivity contribution in [1.82, 2.24) is 4.90 Å². The largest absolute Gasteiger partial charge is 0.395 e. The first-order chi connectivity index (χ1) is 8.13. The van der Waals surface area contributed by atoms with Crippen LogP contribution in [0.2, 0.25) is 10.0 Å². The Balaban J connectivity index is 2.26. The first kappa shape index (κ1) is 13.0. The Labute approximate surface area is 114 Å². The number of amides is 1. The summed E-state index contributed by atoms with van der Waals surface area (Å²) in [6, 6.07) is 5.35. The smallest absolute Gasteiger partial charge is 0.233 e. The molecule has 0 radical (unpaired) electrons. The molecule has 0 saturated carbocycles.